The van der Waals surface area contributed by atoms with E-state index in [0.29, 0.717) is 12.1 Å². The molecule has 1 aromatic rings. The fraction of sp³-hybridized carbons (Fsp3) is 0.500. The average Bonchev–Trinajstić information content (AvgIpc) is 2.43. The van der Waals surface area contributed by atoms with Crippen molar-refractivity contribution in [1.82, 2.24) is 5.32 Å². The fourth-order valence-corrected chi connectivity index (χ4v) is 3.68. The Morgan fingerprint density at radius 1 is 1.37 bits per heavy atom. The molecule has 1 rings (SSSR count). The van der Waals surface area contributed by atoms with Crippen molar-refractivity contribution >= 4 is 60.4 Å². The van der Waals surface area contributed by atoms with Crippen molar-refractivity contribution in [3.63, 3.8) is 0 Å². The van der Waals surface area contributed by atoms with E-state index in [9.17, 15) is 4.79 Å². The Morgan fingerprint density at radius 2 is 2.00 bits per heavy atom. The molecule has 0 aromatic heterocycles. The van der Waals surface area contributed by atoms with Gasteiger partial charge in [0.25, 0.3) is 5.91 Å². The number of alkyl halides is 1. The number of carbonyl (C=O) groups is 1. The Balaban J connectivity index is 2.77. The Labute approximate surface area is 145 Å². The summed E-state index contributed by atoms with van der Waals surface area (Å²) < 4.78 is 1.89. The summed E-state index contributed by atoms with van der Waals surface area (Å²) in [6, 6.07) is 5.78. The van der Waals surface area contributed by atoms with Crippen molar-refractivity contribution in [3.05, 3.63) is 31.8 Å². The van der Waals surface area contributed by atoms with Gasteiger partial charge in [0.15, 0.2) is 0 Å². The first-order chi connectivity index (χ1) is 8.98. The maximum atomic E-state index is 12.3. The lowest BCUT2D eigenvalue weighted by molar-refractivity contribution is 0.0931. The van der Waals surface area contributed by atoms with E-state index in [4.69, 9.17) is 0 Å². The van der Waals surface area contributed by atoms with Crippen molar-refractivity contribution < 1.29 is 4.79 Å². The molecule has 0 fully saturated rings. The van der Waals surface area contributed by atoms with Crippen LogP contribution in [-0.4, -0.2) is 17.8 Å². The SMILES string of the molecule is CCC(CC)(CBr)CNC(=O)c1cc(I)ccc1Br. The highest BCUT2D eigenvalue weighted by molar-refractivity contribution is 14.1. The highest BCUT2D eigenvalue weighted by atomic mass is 127. The molecular formula is C14H18Br2INO. The van der Waals surface area contributed by atoms with Gasteiger partial charge in [-0.25, -0.2) is 0 Å². The van der Waals surface area contributed by atoms with Crippen LogP contribution in [0.25, 0.3) is 0 Å². The van der Waals surface area contributed by atoms with Gasteiger partial charge in [0.2, 0.25) is 0 Å². The first kappa shape index (κ1) is 17.4. The summed E-state index contributed by atoms with van der Waals surface area (Å²) in [5, 5.41) is 3.96. The smallest absolute Gasteiger partial charge is 0.252 e. The summed E-state index contributed by atoms with van der Waals surface area (Å²) in [6.45, 7) is 5.03. The summed E-state index contributed by atoms with van der Waals surface area (Å²) in [5.41, 5.74) is 0.840. The summed E-state index contributed by atoms with van der Waals surface area (Å²) in [6.07, 6.45) is 2.09. The van der Waals surface area contributed by atoms with Crippen LogP contribution in [0.2, 0.25) is 0 Å². The van der Waals surface area contributed by atoms with E-state index in [2.05, 4.69) is 73.6 Å². The number of hydrogen-bond acceptors (Lipinski definition) is 1. The number of carbonyl (C=O) groups excluding carboxylic acids is 1. The maximum absolute atomic E-state index is 12.3. The minimum atomic E-state index is -0.0161. The van der Waals surface area contributed by atoms with Crippen molar-refractivity contribution in [2.24, 2.45) is 5.41 Å². The Hall–Kier alpha value is 0.380. The van der Waals surface area contributed by atoms with E-state index in [1.807, 2.05) is 18.2 Å². The second kappa shape index (κ2) is 7.98. The van der Waals surface area contributed by atoms with Gasteiger partial charge in [0.1, 0.15) is 0 Å². The number of hydrogen-bond donors (Lipinski definition) is 1. The zero-order valence-electron chi connectivity index (χ0n) is 11.1. The van der Waals surface area contributed by atoms with Crippen LogP contribution in [0.5, 0.6) is 0 Å². The van der Waals surface area contributed by atoms with E-state index in [0.717, 1.165) is 26.2 Å². The van der Waals surface area contributed by atoms with Gasteiger partial charge in [-0.3, -0.25) is 4.79 Å². The van der Waals surface area contributed by atoms with Crippen LogP contribution in [-0.2, 0) is 0 Å². The van der Waals surface area contributed by atoms with Gasteiger partial charge in [-0.05, 0) is 75.0 Å². The second-order valence-electron chi connectivity index (χ2n) is 4.65. The number of rotatable bonds is 6. The summed E-state index contributed by atoms with van der Waals surface area (Å²) in [5.74, 6) is -0.0161. The summed E-state index contributed by atoms with van der Waals surface area (Å²) in [4.78, 5) is 12.3. The van der Waals surface area contributed by atoms with Gasteiger partial charge in [-0.2, -0.15) is 0 Å². The largest absolute Gasteiger partial charge is 0.351 e. The van der Waals surface area contributed by atoms with Crippen LogP contribution >= 0.6 is 54.5 Å². The first-order valence-electron chi connectivity index (χ1n) is 6.27. The number of nitrogens with one attached hydrogen (secondary N) is 1. The molecule has 0 aliphatic carbocycles. The van der Waals surface area contributed by atoms with Gasteiger partial charge in [-0.1, -0.05) is 29.8 Å². The van der Waals surface area contributed by atoms with Gasteiger partial charge < -0.3 is 5.32 Å². The molecule has 0 atom stereocenters. The lowest BCUT2D eigenvalue weighted by Crippen LogP contribution is -2.38. The molecule has 0 radical (unpaired) electrons. The van der Waals surface area contributed by atoms with Crippen molar-refractivity contribution in [1.29, 1.82) is 0 Å². The molecule has 0 aliphatic rings. The molecule has 1 N–H and O–H groups in total. The average molecular weight is 503 g/mol. The van der Waals surface area contributed by atoms with Crippen LogP contribution in [0.3, 0.4) is 0 Å². The highest BCUT2D eigenvalue weighted by Crippen LogP contribution is 2.28. The number of amides is 1. The van der Waals surface area contributed by atoms with Crippen molar-refractivity contribution in [2.45, 2.75) is 26.7 Å². The predicted molar refractivity (Wildman–Crippen MR) is 96.0 cm³/mol. The molecule has 2 nitrogen and oxygen atoms in total. The molecule has 0 bridgehead atoms. The van der Waals surface area contributed by atoms with E-state index in [1.165, 1.54) is 0 Å². The zero-order chi connectivity index (χ0) is 14.5. The van der Waals surface area contributed by atoms with Gasteiger partial charge >= 0.3 is 0 Å². The summed E-state index contributed by atoms with van der Waals surface area (Å²) >= 11 is 9.21. The van der Waals surface area contributed by atoms with E-state index >= 15 is 0 Å². The topological polar surface area (TPSA) is 29.1 Å². The third-order valence-electron chi connectivity index (χ3n) is 3.58. The van der Waals surface area contributed by atoms with E-state index in [1.54, 1.807) is 0 Å². The minimum absolute atomic E-state index is 0.0161. The Bertz CT molecular complexity index is 439. The first-order valence-corrected chi connectivity index (χ1v) is 9.26. The standard InChI is InChI=1S/C14H18Br2INO/c1-3-14(4-2,8-15)9-18-13(19)11-7-10(17)5-6-12(11)16/h5-7H,3-4,8-9H2,1-2H3,(H,18,19). The molecule has 106 valence electrons. The van der Waals surface area contributed by atoms with E-state index < -0.39 is 0 Å². The predicted octanol–water partition coefficient (Wildman–Crippen LogP) is 4.98. The molecule has 0 spiro atoms. The third-order valence-corrected chi connectivity index (χ3v) is 6.13. The second-order valence-corrected chi connectivity index (χ2v) is 7.31. The van der Waals surface area contributed by atoms with Crippen molar-refractivity contribution in [2.75, 3.05) is 11.9 Å². The number of benzene rings is 1. The quantitative estimate of drug-likeness (QED) is 0.431. The third kappa shape index (κ3) is 4.70. The normalized spacial score (nSPS) is 11.4. The van der Waals surface area contributed by atoms with Crippen LogP contribution in [0, 0.1) is 8.99 Å². The summed E-state index contributed by atoms with van der Waals surface area (Å²) in [7, 11) is 0. The van der Waals surface area contributed by atoms with Gasteiger partial charge in [-0.15, -0.1) is 0 Å². The van der Waals surface area contributed by atoms with Gasteiger partial charge in [0.05, 0.1) is 5.56 Å². The molecule has 1 aromatic carbocycles. The molecule has 0 saturated carbocycles. The van der Waals surface area contributed by atoms with Crippen LogP contribution in [0.15, 0.2) is 22.7 Å². The van der Waals surface area contributed by atoms with Gasteiger partial charge in [0, 0.05) is 19.9 Å². The van der Waals surface area contributed by atoms with Crippen LogP contribution < -0.4 is 5.32 Å². The minimum Gasteiger partial charge on any atom is -0.351 e. The highest BCUT2D eigenvalue weighted by Gasteiger charge is 2.25. The lowest BCUT2D eigenvalue weighted by Gasteiger charge is -2.29. The van der Waals surface area contributed by atoms with E-state index in [-0.39, 0.29) is 11.3 Å². The molecule has 19 heavy (non-hydrogen) atoms. The Morgan fingerprint density at radius 3 is 2.53 bits per heavy atom. The monoisotopic (exact) mass is 501 g/mol. The molecule has 0 aliphatic heterocycles. The molecule has 0 saturated heterocycles. The molecule has 0 heterocycles. The van der Waals surface area contributed by atoms with Crippen LogP contribution in [0.4, 0.5) is 0 Å². The lowest BCUT2D eigenvalue weighted by atomic mass is 9.84. The molecular weight excluding hydrogens is 485 g/mol. The molecule has 5 heteroatoms. The van der Waals surface area contributed by atoms with Crippen molar-refractivity contribution in [3.8, 4) is 0 Å². The fourth-order valence-electron chi connectivity index (χ4n) is 1.77. The Kier molecular flexibility index (Phi) is 7.32. The maximum Gasteiger partial charge on any atom is 0.252 e. The zero-order valence-corrected chi connectivity index (χ0v) is 16.4. The molecule has 0 unspecified atom stereocenters. The molecule has 1 amide bonds. The number of halogens is 3. The van der Waals surface area contributed by atoms with Crippen LogP contribution in [0.1, 0.15) is 37.0 Å².